The Balaban J connectivity index is 2.74. The molecule has 0 atom stereocenters. The molecule has 3 nitrogen and oxygen atoms in total. The van der Waals surface area contributed by atoms with Crippen LogP contribution in [0.1, 0.15) is 0 Å². The lowest BCUT2D eigenvalue weighted by Crippen LogP contribution is -2.06. The molecule has 1 aromatic rings. The van der Waals surface area contributed by atoms with Gasteiger partial charge in [-0.05, 0) is 24.4 Å². The van der Waals surface area contributed by atoms with Crippen molar-refractivity contribution < 1.29 is 5.11 Å². The van der Waals surface area contributed by atoms with Crippen LogP contribution in [0.25, 0.3) is 0 Å². The summed E-state index contributed by atoms with van der Waals surface area (Å²) in [4.78, 5) is 3.76. The topological polar surface area (TPSA) is 45.1 Å². The molecule has 0 aliphatic carbocycles. The summed E-state index contributed by atoms with van der Waals surface area (Å²) >= 11 is 9.91. The van der Waals surface area contributed by atoms with E-state index in [0.29, 0.717) is 10.8 Å². The van der Waals surface area contributed by atoms with Crippen LogP contribution in [0.4, 0.5) is 5.69 Å². The molecule has 0 spiro atoms. The molecule has 0 radical (unpaired) electrons. The number of halogens is 1. The lowest BCUT2D eigenvalue weighted by Gasteiger charge is -1.99. The smallest absolute Gasteiger partial charge is 0.258 e. The summed E-state index contributed by atoms with van der Waals surface area (Å²) in [6.45, 7) is 0. The normalized spacial score (nSPS) is 9.18. The molecule has 0 amide bonds. The van der Waals surface area contributed by atoms with Crippen LogP contribution in [0.15, 0.2) is 18.3 Å². The van der Waals surface area contributed by atoms with Crippen molar-refractivity contribution in [2.24, 2.45) is 0 Å². The third-order valence-electron chi connectivity index (χ3n) is 0.979. The zero-order chi connectivity index (χ0) is 8.27. The Hall–Kier alpha value is -0.870. The maximum Gasteiger partial charge on any atom is 0.258 e. The average molecular weight is 189 g/mol. The van der Waals surface area contributed by atoms with Crippen LogP contribution in [0.5, 0.6) is 0 Å². The average Bonchev–Trinajstić information content (AvgIpc) is 1.93. The highest BCUT2D eigenvalue weighted by atomic mass is 35.5. The number of nitrogens with one attached hydrogen (secondary N) is 1. The van der Waals surface area contributed by atoms with Crippen molar-refractivity contribution in [1.29, 1.82) is 0 Å². The minimum absolute atomic E-state index is 0.283. The molecule has 0 aliphatic rings. The Morgan fingerprint density at radius 2 is 2.36 bits per heavy atom. The van der Waals surface area contributed by atoms with Crippen molar-refractivity contribution in [2.75, 3.05) is 5.32 Å². The van der Waals surface area contributed by atoms with Gasteiger partial charge in [-0.1, -0.05) is 11.6 Å². The molecule has 0 unspecified atom stereocenters. The molecule has 0 aliphatic heterocycles. The summed E-state index contributed by atoms with van der Waals surface area (Å²) in [6.07, 6.45) is 1.48. The van der Waals surface area contributed by atoms with Gasteiger partial charge in [0.15, 0.2) is 0 Å². The van der Waals surface area contributed by atoms with Crippen LogP contribution in [0.3, 0.4) is 0 Å². The lowest BCUT2D eigenvalue weighted by molar-refractivity contribution is 0.567. The Morgan fingerprint density at radius 1 is 1.64 bits per heavy atom. The van der Waals surface area contributed by atoms with E-state index in [-0.39, 0.29) is 5.17 Å². The Morgan fingerprint density at radius 3 is 2.82 bits per heavy atom. The van der Waals surface area contributed by atoms with E-state index >= 15 is 0 Å². The number of nitrogens with zero attached hydrogens (tertiary/aromatic N) is 1. The number of pyridine rings is 1. The van der Waals surface area contributed by atoms with Crippen molar-refractivity contribution in [3.8, 4) is 0 Å². The van der Waals surface area contributed by atoms with Gasteiger partial charge in [-0.25, -0.2) is 4.98 Å². The summed E-state index contributed by atoms with van der Waals surface area (Å²) < 4.78 is 0. The zero-order valence-electron chi connectivity index (χ0n) is 5.41. The number of anilines is 1. The minimum atomic E-state index is -0.283. The Bertz CT molecular complexity index is 262. The maximum atomic E-state index is 8.63. The molecular formula is C6H5ClN2OS. The van der Waals surface area contributed by atoms with Crippen LogP contribution in [-0.2, 0) is 0 Å². The summed E-state index contributed by atoms with van der Waals surface area (Å²) in [6, 6.07) is 3.26. The maximum absolute atomic E-state index is 8.63. The number of thiocarbonyl (C=S) groups is 1. The van der Waals surface area contributed by atoms with E-state index in [4.69, 9.17) is 16.7 Å². The van der Waals surface area contributed by atoms with Gasteiger partial charge in [-0.15, -0.1) is 0 Å². The van der Waals surface area contributed by atoms with Crippen molar-refractivity contribution in [3.05, 3.63) is 23.5 Å². The number of hydrogen-bond acceptors (Lipinski definition) is 2. The van der Waals surface area contributed by atoms with Gasteiger partial charge in [0.2, 0.25) is 0 Å². The van der Waals surface area contributed by atoms with E-state index in [9.17, 15) is 0 Å². The van der Waals surface area contributed by atoms with E-state index in [1.54, 1.807) is 12.1 Å². The standard InChI is InChI=1S/C6H5ClN2OS/c7-5-2-1-4(3-8-5)9-6(10)11/h1-3H,(H2,9,10,11). The highest BCUT2D eigenvalue weighted by Crippen LogP contribution is 2.08. The summed E-state index contributed by atoms with van der Waals surface area (Å²) in [5.74, 6) is 0. The second kappa shape index (κ2) is 3.50. The fraction of sp³-hybridized carbons (Fsp3) is 0. The van der Waals surface area contributed by atoms with Gasteiger partial charge >= 0.3 is 0 Å². The zero-order valence-corrected chi connectivity index (χ0v) is 6.99. The second-order valence-corrected chi connectivity index (χ2v) is 2.57. The fourth-order valence-electron chi connectivity index (χ4n) is 0.573. The summed E-state index contributed by atoms with van der Waals surface area (Å²) in [7, 11) is 0. The molecule has 11 heavy (non-hydrogen) atoms. The largest absolute Gasteiger partial charge is 0.486 e. The molecule has 1 rings (SSSR count). The van der Waals surface area contributed by atoms with Crippen LogP contribution in [-0.4, -0.2) is 15.3 Å². The monoisotopic (exact) mass is 188 g/mol. The van der Waals surface area contributed by atoms with Crippen molar-refractivity contribution in [3.63, 3.8) is 0 Å². The molecule has 2 N–H and O–H groups in total. The molecule has 0 aromatic carbocycles. The van der Waals surface area contributed by atoms with Crippen LogP contribution in [0, 0.1) is 0 Å². The number of aliphatic hydroxyl groups excluding tert-OH is 1. The van der Waals surface area contributed by atoms with Gasteiger partial charge in [-0.2, -0.15) is 0 Å². The molecule has 58 valence electrons. The van der Waals surface area contributed by atoms with E-state index in [0.717, 1.165) is 0 Å². The molecule has 0 saturated heterocycles. The predicted octanol–water partition coefficient (Wildman–Crippen LogP) is 1.99. The third kappa shape index (κ3) is 2.69. The number of hydrogen-bond donors (Lipinski definition) is 2. The Labute approximate surface area is 74.0 Å². The first-order chi connectivity index (χ1) is 5.18. The molecule has 0 fully saturated rings. The molecule has 5 heteroatoms. The molecule has 1 aromatic heterocycles. The first kappa shape index (κ1) is 8.23. The van der Waals surface area contributed by atoms with Gasteiger partial charge < -0.3 is 10.4 Å². The van der Waals surface area contributed by atoms with Crippen molar-refractivity contribution >= 4 is 34.7 Å². The third-order valence-corrected chi connectivity index (χ3v) is 1.30. The highest BCUT2D eigenvalue weighted by molar-refractivity contribution is 7.80. The van der Waals surface area contributed by atoms with Crippen molar-refractivity contribution in [2.45, 2.75) is 0 Å². The summed E-state index contributed by atoms with van der Waals surface area (Å²) in [5, 5.41) is 11.3. The van der Waals surface area contributed by atoms with E-state index in [1.165, 1.54) is 6.20 Å². The van der Waals surface area contributed by atoms with Gasteiger partial charge in [0, 0.05) is 0 Å². The van der Waals surface area contributed by atoms with E-state index < -0.39 is 0 Å². The van der Waals surface area contributed by atoms with Gasteiger partial charge in [-0.3, -0.25) is 0 Å². The minimum Gasteiger partial charge on any atom is -0.486 e. The first-order valence-corrected chi connectivity index (χ1v) is 3.58. The van der Waals surface area contributed by atoms with Crippen LogP contribution >= 0.6 is 23.8 Å². The fourth-order valence-corrected chi connectivity index (χ4v) is 0.803. The SMILES string of the molecule is OC(=S)Nc1ccc(Cl)nc1. The van der Waals surface area contributed by atoms with Crippen LogP contribution < -0.4 is 5.32 Å². The number of rotatable bonds is 1. The number of aromatic nitrogens is 1. The summed E-state index contributed by atoms with van der Waals surface area (Å²) in [5.41, 5.74) is 0.613. The van der Waals surface area contributed by atoms with Crippen molar-refractivity contribution in [1.82, 2.24) is 4.98 Å². The molecular weight excluding hydrogens is 184 g/mol. The predicted molar refractivity (Wildman–Crippen MR) is 48.1 cm³/mol. The van der Waals surface area contributed by atoms with Gasteiger partial charge in [0.1, 0.15) is 5.15 Å². The molecule has 0 bridgehead atoms. The first-order valence-electron chi connectivity index (χ1n) is 2.80. The van der Waals surface area contributed by atoms with E-state index in [2.05, 4.69) is 22.5 Å². The quantitative estimate of drug-likeness (QED) is 0.523. The number of aliphatic hydroxyl groups is 1. The van der Waals surface area contributed by atoms with Crippen LogP contribution in [0.2, 0.25) is 5.15 Å². The lowest BCUT2D eigenvalue weighted by atomic mass is 10.4. The second-order valence-electron chi connectivity index (χ2n) is 1.80. The van der Waals surface area contributed by atoms with Gasteiger partial charge in [0.25, 0.3) is 5.17 Å². The molecule has 0 saturated carbocycles. The Kier molecular flexibility index (Phi) is 2.62. The molecule has 1 heterocycles. The van der Waals surface area contributed by atoms with E-state index in [1.807, 2.05) is 0 Å². The van der Waals surface area contributed by atoms with Gasteiger partial charge in [0.05, 0.1) is 11.9 Å². The highest BCUT2D eigenvalue weighted by Gasteiger charge is 1.93.